The van der Waals surface area contributed by atoms with Gasteiger partial charge in [-0.1, -0.05) is 97.9 Å². The third-order valence-electron chi connectivity index (χ3n) is 8.80. The van der Waals surface area contributed by atoms with Crippen LogP contribution in [0.5, 0.6) is 0 Å². The Morgan fingerprint density at radius 2 is 1.09 bits per heavy atom. The van der Waals surface area contributed by atoms with Gasteiger partial charge in [0.15, 0.2) is 0 Å². The van der Waals surface area contributed by atoms with Gasteiger partial charge in [-0.05, 0) is 50.8 Å². The monoisotopic (exact) mass is 467 g/mol. The van der Waals surface area contributed by atoms with Gasteiger partial charge in [0.05, 0.1) is 11.2 Å². The van der Waals surface area contributed by atoms with E-state index >= 15 is 0 Å². The van der Waals surface area contributed by atoms with Crippen LogP contribution in [0.3, 0.4) is 0 Å². The fourth-order valence-corrected chi connectivity index (χ4v) is 5.90. The molecule has 2 fully saturated rings. The molecule has 1 saturated heterocycles. The zero-order chi connectivity index (χ0) is 24.7. The van der Waals surface area contributed by atoms with Gasteiger partial charge in [-0.2, -0.15) is 0 Å². The molecule has 0 spiro atoms. The van der Waals surface area contributed by atoms with Crippen molar-refractivity contribution in [2.45, 2.75) is 82.6 Å². The maximum absolute atomic E-state index is 6.57. The largest absolute Gasteiger partial charge is 0.459 e. The van der Waals surface area contributed by atoms with Gasteiger partial charge in [-0.25, -0.2) is 0 Å². The Balaban J connectivity index is 1.54. The molecule has 0 amide bonds. The van der Waals surface area contributed by atoms with Crippen molar-refractivity contribution in [1.82, 2.24) is 4.90 Å². The van der Waals surface area contributed by atoms with E-state index in [2.05, 4.69) is 131 Å². The molecule has 5 rings (SSSR count). The van der Waals surface area contributed by atoms with Crippen LogP contribution >= 0.6 is 0 Å². The van der Waals surface area contributed by atoms with Crippen molar-refractivity contribution < 1.29 is 9.31 Å². The second-order valence-electron chi connectivity index (χ2n) is 11.6. The van der Waals surface area contributed by atoms with Gasteiger partial charge in [-0.3, -0.25) is 4.90 Å². The van der Waals surface area contributed by atoms with E-state index in [1.807, 2.05) is 0 Å². The van der Waals surface area contributed by atoms with Crippen molar-refractivity contribution in [3.05, 3.63) is 108 Å². The van der Waals surface area contributed by atoms with E-state index in [1.165, 1.54) is 16.7 Å². The highest BCUT2D eigenvalue weighted by Crippen LogP contribution is 2.64. The minimum Gasteiger partial charge on any atom is -0.403 e. The van der Waals surface area contributed by atoms with Crippen molar-refractivity contribution in [2.24, 2.45) is 0 Å². The Labute approximate surface area is 211 Å². The van der Waals surface area contributed by atoms with Crippen LogP contribution in [0.15, 0.2) is 91.0 Å². The number of hydrogen-bond acceptors (Lipinski definition) is 3. The van der Waals surface area contributed by atoms with E-state index in [0.29, 0.717) is 0 Å². The average molecular weight is 467 g/mol. The molecule has 0 unspecified atom stereocenters. The van der Waals surface area contributed by atoms with Crippen LogP contribution < -0.4 is 0 Å². The molecule has 182 valence electrons. The Morgan fingerprint density at radius 1 is 0.657 bits per heavy atom. The van der Waals surface area contributed by atoms with E-state index in [9.17, 15) is 0 Å². The molecular weight excluding hydrogens is 429 g/mol. The molecule has 0 aromatic heterocycles. The Bertz CT molecular complexity index is 1080. The van der Waals surface area contributed by atoms with Gasteiger partial charge in [0.25, 0.3) is 0 Å². The number of rotatable bonds is 8. The van der Waals surface area contributed by atoms with Crippen LogP contribution in [-0.2, 0) is 27.8 Å². The van der Waals surface area contributed by atoms with Crippen molar-refractivity contribution in [1.29, 1.82) is 0 Å². The number of benzene rings is 3. The molecular formula is C31H38BNO2. The van der Waals surface area contributed by atoms with Crippen LogP contribution in [-0.4, -0.2) is 28.8 Å². The Kier molecular flexibility index (Phi) is 6.20. The third kappa shape index (κ3) is 4.48. The maximum Gasteiger partial charge on any atom is 0.459 e. The third-order valence-corrected chi connectivity index (χ3v) is 8.80. The quantitative estimate of drug-likeness (QED) is 0.337. The molecule has 3 nitrogen and oxygen atoms in total. The summed E-state index contributed by atoms with van der Waals surface area (Å²) in [5.74, 6) is 0. The number of hydrogen-bond donors (Lipinski definition) is 0. The van der Waals surface area contributed by atoms with E-state index in [-0.39, 0.29) is 29.3 Å². The summed E-state index contributed by atoms with van der Waals surface area (Å²) in [5.41, 5.74) is 3.32. The molecule has 2 atom stereocenters. The van der Waals surface area contributed by atoms with Crippen molar-refractivity contribution in [3.8, 4) is 0 Å². The highest BCUT2D eigenvalue weighted by Gasteiger charge is 2.70. The highest BCUT2D eigenvalue weighted by molar-refractivity contribution is 6.46. The van der Waals surface area contributed by atoms with Crippen LogP contribution in [0.1, 0.15) is 57.7 Å². The summed E-state index contributed by atoms with van der Waals surface area (Å²) in [6.45, 7) is 12.8. The second-order valence-corrected chi connectivity index (χ2v) is 11.6. The number of nitrogens with zero attached hydrogens (tertiary/aromatic N) is 1. The minimum absolute atomic E-state index is 0.0153. The molecule has 0 N–H and O–H groups in total. The molecule has 3 aromatic rings. The molecule has 0 radical (unpaired) electrons. The molecule has 1 heterocycles. The summed E-state index contributed by atoms with van der Waals surface area (Å²) < 4.78 is 13.1. The lowest BCUT2D eigenvalue weighted by atomic mass is 9.74. The van der Waals surface area contributed by atoms with Crippen LogP contribution in [0.25, 0.3) is 0 Å². The van der Waals surface area contributed by atoms with Crippen LogP contribution in [0, 0.1) is 0 Å². The van der Waals surface area contributed by atoms with E-state index in [4.69, 9.17) is 9.31 Å². The fourth-order valence-electron chi connectivity index (χ4n) is 5.90. The summed E-state index contributed by atoms with van der Waals surface area (Å²) in [4.78, 5) is 2.69. The molecule has 35 heavy (non-hydrogen) atoms. The topological polar surface area (TPSA) is 21.7 Å². The molecule has 2 aliphatic rings. The van der Waals surface area contributed by atoms with E-state index in [0.717, 1.165) is 25.8 Å². The van der Waals surface area contributed by atoms with Crippen molar-refractivity contribution in [3.63, 3.8) is 0 Å². The van der Waals surface area contributed by atoms with Gasteiger partial charge in [0, 0.05) is 30.4 Å². The van der Waals surface area contributed by atoms with Crippen LogP contribution in [0.2, 0.25) is 6.32 Å². The normalized spacial score (nSPS) is 26.7. The first kappa shape index (κ1) is 24.3. The minimum atomic E-state index is -0.333. The molecule has 1 aliphatic carbocycles. The fraction of sp³-hybridized carbons (Fsp3) is 0.419. The van der Waals surface area contributed by atoms with E-state index < -0.39 is 0 Å². The van der Waals surface area contributed by atoms with Gasteiger partial charge in [0.1, 0.15) is 0 Å². The Morgan fingerprint density at radius 3 is 1.54 bits per heavy atom. The lowest BCUT2D eigenvalue weighted by molar-refractivity contribution is 0.00578. The van der Waals surface area contributed by atoms with Crippen LogP contribution in [0.4, 0.5) is 0 Å². The van der Waals surface area contributed by atoms with Crippen molar-refractivity contribution in [2.75, 3.05) is 0 Å². The highest BCUT2D eigenvalue weighted by atomic mass is 16.7. The first-order valence-corrected chi connectivity index (χ1v) is 12.9. The summed E-state index contributed by atoms with van der Waals surface area (Å²) in [6, 6.07) is 32.7. The maximum atomic E-state index is 6.57. The smallest absolute Gasteiger partial charge is 0.403 e. The average Bonchev–Trinajstić information content (AvgIpc) is 3.38. The molecule has 4 heteroatoms. The second kappa shape index (κ2) is 8.92. The Hall–Kier alpha value is -2.40. The predicted octanol–water partition coefficient (Wildman–Crippen LogP) is 6.88. The summed E-state index contributed by atoms with van der Waals surface area (Å²) >= 11 is 0. The SMILES string of the molecule is CC1(C)OB(C[C@@]2(N(Cc3ccccc3)Cc3ccccc3)C[C@@]2(C)c2ccccc2)OC1(C)C. The summed E-state index contributed by atoms with van der Waals surface area (Å²) in [5, 5.41) is 0. The molecule has 1 aliphatic heterocycles. The first-order valence-electron chi connectivity index (χ1n) is 12.9. The lowest BCUT2D eigenvalue weighted by Gasteiger charge is -2.37. The van der Waals surface area contributed by atoms with Gasteiger partial charge >= 0.3 is 7.12 Å². The van der Waals surface area contributed by atoms with Gasteiger partial charge in [0.2, 0.25) is 0 Å². The first-order chi connectivity index (χ1) is 16.7. The standard InChI is InChI=1S/C31H38BNO2/c1-28(2)29(3,4)35-32(34-28)24-31(23-30(31,5)27-19-13-8-14-20-27)33(21-25-15-9-6-10-16-25)22-26-17-11-7-12-18-26/h6-20H,21-24H2,1-5H3/t30-,31-/m0/s1. The summed E-state index contributed by atoms with van der Waals surface area (Å²) in [6.07, 6.45) is 1.92. The zero-order valence-corrected chi connectivity index (χ0v) is 21.8. The molecule has 3 aromatic carbocycles. The zero-order valence-electron chi connectivity index (χ0n) is 21.8. The van der Waals surface area contributed by atoms with E-state index in [1.54, 1.807) is 0 Å². The van der Waals surface area contributed by atoms with Crippen molar-refractivity contribution >= 4 is 7.12 Å². The van der Waals surface area contributed by atoms with Gasteiger partial charge in [-0.15, -0.1) is 0 Å². The summed E-state index contributed by atoms with van der Waals surface area (Å²) in [7, 11) is -0.236. The predicted molar refractivity (Wildman–Crippen MR) is 144 cm³/mol. The molecule has 0 bridgehead atoms. The van der Waals surface area contributed by atoms with Gasteiger partial charge < -0.3 is 9.31 Å². The lowest BCUT2D eigenvalue weighted by Crippen LogP contribution is -2.45. The molecule has 1 saturated carbocycles.